The molecule has 29 heavy (non-hydrogen) atoms. The number of ether oxygens (including phenoxy) is 1. The van der Waals surface area contributed by atoms with E-state index < -0.39 is 0 Å². The third kappa shape index (κ3) is 5.13. The number of methoxy groups -OCH3 is 1. The minimum absolute atomic E-state index is 0.0505. The molecule has 2 aromatic carbocycles. The highest BCUT2D eigenvalue weighted by Crippen LogP contribution is 2.18. The second-order valence-corrected chi connectivity index (χ2v) is 7.21. The summed E-state index contributed by atoms with van der Waals surface area (Å²) in [6.45, 7) is 2.90. The number of fused-ring (bicyclic) bond motifs is 1. The van der Waals surface area contributed by atoms with Crippen LogP contribution in [0.3, 0.4) is 0 Å². The molecule has 3 rings (SSSR count). The van der Waals surface area contributed by atoms with Crippen molar-refractivity contribution in [3.63, 3.8) is 0 Å². The smallest absolute Gasteiger partial charge is 0.253 e. The summed E-state index contributed by atoms with van der Waals surface area (Å²) in [6.07, 6.45) is 0.551. The Kier molecular flexibility index (Phi) is 6.85. The van der Waals surface area contributed by atoms with E-state index in [0.717, 1.165) is 27.9 Å². The first kappa shape index (κ1) is 20.8. The van der Waals surface area contributed by atoms with Crippen LogP contribution in [0.5, 0.6) is 5.75 Å². The molecule has 0 bridgehead atoms. The fourth-order valence-electron chi connectivity index (χ4n) is 3.14. The second kappa shape index (κ2) is 9.54. The number of nitrogens with one attached hydrogen (secondary N) is 2. The first-order chi connectivity index (χ1) is 14.0. The van der Waals surface area contributed by atoms with Crippen LogP contribution >= 0.6 is 12.2 Å². The summed E-state index contributed by atoms with van der Waals surface area (Å²) in [4.78, 5) is 17.5. The van der Waals surface area contributed by atoms with Crippen LogP contribution in [-0.2, 0) is 6.54 Å². The Morgan fingerprint density at radius 2 is 2.00 bits per heavy atom. The standard InChI is InChI=1S/C22H25N3O3S/c1-15-5-3-6-16-13-17(21(27)24-20(15)16)14-25(11-4-12-26)22(29)23-18-7-9-19(28-2)10-8-18/h3,5-10,13,26H,4,11-12,14H2,1-2H3,(H,23,29)(H,24,27). The quantitative estimate of drug-likeness (QED) is 0.517. The van der Waals surface area contributed by atoms with Crippen LogP contribution in [0.2, 0.25) is 0 Å². The molecule has 0 aliphatic heterocycles. The van der Waals surface area contributed by atoms with Crippen LogP contribution in [0.1, 0.15) is 17.5 Å². The zero-order valence-electron chi connectivity index (χ0n) is 16.6. The molecule has 3 aromatic rings. The topological polar surface area (TPSA) is 77.6 Å². The van der Waals surface area contributed by atoms with E-state index in [-0.39, 0.29) is 12.2 Å². The molecular formula is C22H25N3O3S. The van der Waals surface area contributed by atoms with E-state index in [2.05, 4.69) is 10.3 Å². The number of thiocarbonyl (C=S) groups is 1. The summed E-state index contributed by atoms with van der Waals surface area (Å²) in [5.74, 6) is 0.761. The average Bonchev–Trinajstić information content (AvgIpc) is 2.72. The molecule has 0 atom stereocenters. The molecular weight excluding hydrogens is 386 g/mol. The number of hydrogen-bond acceptors (Lipinski definition) is 4. The third-order valence-electron chi connectivity index (χ3n) is 4.74. The van der Waals surface area contributed by atoms with Crippen molar-refractivity contribution in [1.82, 2.24) is 9.88 Å². The number of rotatable bonds is 7. The van der Waals surface area contributed by atoms with E-state index in [9.17, 15) is 9.90 Å². The SMILES string of the molecule is COc1ccc(NC(=S)N(CCCO)Cc2cc3cccc(C)c3[nH]c2=O)cc1. The number of H-pyrrole nitrogens is 1. The Morgan fingerprint density at radius 1 is 1.24 bits per heavy atom. The van der Waals surface area contributed by atoms with Gasteiger partial charge in [0.1, 0.15) is 5.75 Å². The summed E-state index contributed by atoms with van der Waals surface area (Å²) in [5.41, 5.74) is 3.20. The third-order valence-corrected chi connectivity index (χ3v) is 5.10. The van der Waals surface area contributed by atoms with Gasteiger partial charge in [-0.05, 0) is 66.8 Å². The van der Waals surface area contributed by atoms with Gasteiger partial charge in [0.15, 0.2) is 5.11 Å². The highest BCUT2D eigenvalue weighted by atomic mass is 32.1. The summed E-state index contributed by atoms with van der Waals surface area (Å²) < 4.78 is 5.17. The van der Waals surface area contributed by atoms with Crippen molar-refractivity contribution in [3.05, 3.63) is 70.0 Å². The van der Waals surface area contributed by atoms with E-state index in [1.165, 1.54) is 0 Å². The van der Waals surface area contributed by atoms with Gasteiger partial charge in [-0.15, -0.1) is 0 Å². The number of pyridine rings is 1. The molecule has 0 saturated carbocycles. The molecule has 152 valence electrons. The number of aromatic nitrogens is 1. The number of aryl methyl sites for hydroxylation is 1. The molecule has 0 spiro atoms. The first-order valence-corrected chi connectivity index (χ1v) is 9.85. The average molecular weight is 412 g/mol. The van der Waals surface area contributed by atoms with Gasteiger partial charge in [-0.25, -0.2) is 0 Å². The zero-order chi connectivity index (χ0) is 20.8. The summed E-state index contributed by atoms with van der Waals surface area (Å²) in [5, 5.41) is 13.9. The predicted octanol–water partition coefficient (Wildman–Crippen LogP) is 3.43. The van der Waals surface area contributed by atoms with E-state index in [0.29, 0.717) is 30.2 Å². The molecule has 0 aliphatic rings. The Labute approximate surface area is 175 Å². The highest BCUT2D eigenvalue weighted by Gasteiger charge is 2.14. The zero-order valence-corrected chi connectivity index (χ0v) is 17.4. The molecule has 0 saturated heterocycles. The molecule has 0 aliphatic carbocycles. The molecule has 0 amide bonds. The van der Waals surface area contributed by atoms with Crippen LogP contribution in [0.25, 0.3) is 10.9 Å². The van der Waals surface area contributed by atoms with Gasteiger partial charge in [0.05, 0.1) is 19.2 Å². The van der Waals surface area contributed by atoms with Gasteiger partial charge >= 0.3 is 0 Å². The van der Waals surface area contributed by atoms with Crippen LogP contribution in [0.15, 0.2) is 53.3 Å². The van der Waals surface area contributed by atoms with Crippen LogP contribution in [0, 0.1) is 6.92 Å². The summed E-state index contributed by atoms with van der Waals surface area (Å²) in [6, 6.07) is 15.3. The molecule has 0 fully saturated rings. The Morgan fingerprint density at radius 3 is 2.69 bits per heavy atom. The van der Waals surface area contributed by atoms with Crippen molar-refractivity contribution >= 4 is 33.9 Å². The van der Waals surface area contributed by atoms with E-state index in [1.54, 1.807) is 7.11 Å². The number of aliphatic hydroxyl groups excluding tert-OH is 1. The fourth-order valence-corrected chi connectivity index (χ4v) is 3.42. The van der Waals surface area contributed by atoms with Crippen molar-refractivity contribution in [1.29, 1.82) is 0 Å². The monoisotopic (exact) mass is 411 g/mol. The molecule has 1 heterocycles. The molecule has 6 nitrogen and oxygen atoms in total. The lowest BCUT2D eigenvalue weighted by Crippen LogP contribution is -2.37. The van der Waals surface area contributed by atoms with E-state index in [1.807, 2.05) is 60.4 Å². The molecule has 0 radical (unpaired) electrons. The highest BCUT2D eigenvalue weighted by molar-refractivity contribution is 7.80. The maximum atomic E-state index is 12.6. The van der Waals surface area contributed by atoms with Crippen molar-refractivity contribution < 1.29 is 9.84 Å². The van der Waals surface area contributed by atoms with Crippen LogP contribution in [0.4, 0.5) is 5.69 Å². The van der Waals surface area contributed by atoms with Crippen molar-refractivity contribution in [3.8, 4) is 5.75 Å². The number of benzene rings is 2. The molecule has 3 N–H and O–H groups in total. The Bertz CT molecular complexity index is 1050. The van der Waals surface area contributed by atoms with Gasteiger partial charge in [0.25, 0.3) is 5.56 Å². The molecule has 1 aromatic heterocycles. The van der Waals surface area contributed by atoms with Gasteiger partial charge in [0, 0.05) is 24.4 Å². The summed E-state index contributed by atoms with van der Waals surface area (Å²) in [7, 11) is 1.62. The summed E-state index contributed by atoms with van der Waals surface area (Å²) >= 11 is 5.58. The number of hydrogen-bond donors (Lipinski definition) is 3. The van der Waals surface area contributed by atoms with E-state index in [4.69, 9.17) is 17.0 Å². The lowest BCUT2D eigenvalue weighted by Gasteiger charge is -2.25. The van der Waals surface area contributed by atoms with Crippen LogP contribution in [-0.4, -0.2) is 40.4 Å². The van der Waals surface area contributed by atoms with E-state index >= 15 is 0 Å². The second-order valence-electron chi connectivity index (χ2n) is 6.82. The minimum Gasteiger partial charge on any atom is -0.497 e. The van der Waals surface area contributed by atoms with Gasteiger partial charge in [-0.2, -0.15) is 0 Å². The fraction of sp³-hybridized carbons (Fsp3) is 0.273. The van der Waals surface area contributed by atoms with Gasteiger partial charge in [-0.1, -0.05) is 18.2 Å². The Balaban J connectivity index is 1.82. The number of anilines is 1. The van der Waals surface area contributed by atoms with Gasteiger partial charge in [-0.3, -0.25) is 4.79 Å². The van der Waals surface area contributed by atoms with Crippen molar-refractivity contribution in [2.75, 3.05) is 25.6 Å². The minimum atomic E-state index is -0.131. The largest absolute Gasteiger partial charge is 0.497 e. The lowest BCUT2D eigenvalue weighted by atomic mass is 10.1. The Hall–Kier alpha value is -2.90. The van der Waals surface area contributed by atoms with Gasteiger partial charge < -0.3 is 25.0 Å². The maximum absolute atomic E-state index is 12.6. The normalized spacial score (nSPS) is 10.7. The molecule has 7 heteroatoms. The number of nitrogens with zero attached hydrogens (tertiary/aromatic N) is 1. The van der Waals surface area contributed by atoms with Crippen LogP contribution < -0.4 is 15.6 Å². The predicted molar refractivity (Wildman–Crippen MR) is 121 cm³/mol. The van der Waals surface area contributed by atoms with Crippen molar-refractivity contribution in [2.24, 2.45) is 0 Å². The number of aliphatic hydroxyl groups is 1. The maximum Gasteiger partial charge on any atom is 0.253 e. The number of aromatic amines is 1. The lowest BCUT2D eigenvalue weighted by molar-refractivity contribution is 0.266. The van der Waals surface area contributed by atoms with Gasteiger partial charge in [0.2, 0.25) is 0 Å². The first-order valence-electron chi connectivity index (χ1n) is 9.44. The van der Waals surface area contributed by atoms with Crippen molar-refractivity contribution in [2.45, 2.75) is 19.9 Å². The molecule has 0 unspecified atom stereocenters. The number of para-hydroxylation sites is 1.